The van der Waals surface area contributed by atoms with E-state index in [1.165, 1.54) is 35.1 Å². The standard InChI is InChI=1S/C18H21N/c1-3-4-13-19(2)18-16-11-7-5-9-14(16)15-10-6-8-12-17(15)18/h5-12,18H,3-4,13H2,1-2H3. The van der Waals surface area contributed by atoms with Crippen LogP contribution in [0.5, 0.6) is 0 Å². The molecule has 0 unspecified atom stereocenters. The molecule has 2 aromatic rings. The van der Waals surface area contributed by atoms with Crippen LogP contribution in [0.1, 0.15) is 36.9 Å². The lowest BCUT2D eigenvalue weighted by Crippen LogP contribution is -2.25. The van der Waals surface area contributed by atoms with E-state index < -0.39 is 0 Å². The molecular weight excluding hydrogens is 230 g/mol. The van der Waals surface area contributed by atoms with Crippen molar-refractivity contribution in [3.05, 3.63) is 59.7 Å². The van der Waals surface area contributed by atoms with Gasteiger partial charge >= 0.3 is 0 Å². The highest BCUT2D eigenvalue weighted by Gasteiger charge is 2.30. The molecule has 0 saturated carbocycles. The van der Waals surface area contributed by atoms with Crippen molar-refractivity contribution in [2.24, 2.45) is 0 Å². The van der Waals surface area contributed by atoms with Gasteiger partial charge in [0.2, 0.25) is 0 Å². The molecule has 3 rings (SSSR count). The van der Waals surface area contributed by atoms with Crippen LogP contribution in [0.15, 0.2) is 48.5 Å². The summed E-state index contributed by atoms with van der Waals surface area (Å²) in [5.41, 5.74) is 5.74. The van der Waals surface area contributed by atoms with E-state index in [4.69, 9.17) is 0 Å². The molecule has 0 heterocycles. The lowest BCUT2D eigenvalue weighted by atomic mass is 10.0. The highest BCUT2D eigenvalue weighted by Crippen LogP contribution is 2.45. The predicted octanol–water partition coefficient (Wildman–Crippen LogP) is 4.49. The second kappa shape index (κ2) is 5.18. The number of unbranched alkanes of at least 4 members (excludes halogenated alkanes) is 1. The molecule has 0 fully saturated rings. The molecule has 1 aliphatic carbocycles. The maximum Gasteiger partial charge on any atom is 0.0611 e. The zero-order chi connectivity index (χ0) is 13.2. The van der Waals surface area contributed by atoms with Crippen LogP contribution in [-0.4, -0.2) is 18.5 Å². The molecule has 0 aromatic heterocycles. The Morgan fingerprint density at radius 2 is 1.42 bits per heavy atom. The lowest BCUT2D eigenvalue weighted by molar-refractivity contribution is 0.278. The van der Waals surface area contributed by atoms with Crippen LogP contribution in [-0.2, 0) is 0 Å². The Bertz CT molecular complexity index is 528. The molecule has 0 N–H and O–H groups in total. The Kier molecular flexibility index (Phi) is 3.39. The van der Waals surface area contributed by atoms with E-state index in [0.29, 0.717) is 6.04 Å². The molecule has 0 saturated heterocycles. The van der Waals surface area contributed by atoms with Crippen molar-refractivity contribution in [3.8, 4) is 11.1 Å². The lowest BCUT2D eigenvalue weighted by Gasteiger charge is -2.26. The fourth-order valence-corrected chi connectivity index (χ4v) is 3.14. The normalized spacial score (nSPS) is 13.6. The van der Waals surface area contributed by atoms with Crippen molar-refractivity contribution < 1.29 is 0 Å². The van der Waals surface area contributed by atoms with Crippen molar-refractivity contribution in [1.82, 2.24) is 4.90 Å². The van der Waals surface area contributed by atoms with E-state index in [2.05, 4.69) is 67.4 Å². The van der Waals surface area contributed by atoms with Crippen molar-refractivity contribution in [3.63, 3.8) is 0 Å². The van der Waals surface area contributed by atoms with Gasteiger partial charge in [-0.3, -0.25) is 4.90 Å². The summed E-state index contributed by atoms with van der Waals surface area (Å²) in [4.78, 5) is 2.49. The summed E-state index contributed by atoms with van der Waals surface area (Å²) >= 11 is 0. The topological polar surface area (TPSA) is 3.24 Å². The summed E-state index contributed by atoms with van der Waals surface area (Å²) in [6.07, 6.45) is 2.51. The predicted molar refractivity (Wildman–Crippen MR) is 81.3 cm³/mol. The number of hydrogen-bond acceptors (Lipinski definition) is 1. The van der Waals surface area contributed by atoms with Gasteiger partial charge in [-0.1, -0.05) is 61.9 Å². The van der Waals surface area contributed by atoms with Crippen molar-refractivity contribution in [2.75, 3.05) is 13.6 Å². The molecule has 0 atom stereocenters. The van der Waals surface area contributed by atoms with Crippen LogP contribution in [0.4, 0.5) is 0 Å². The van der Waals surface area contributed by atoms with Gasteiger partial charge in [-0.05, 0) is 42.3 Å². The smallest absolute Gasteiger partial charge is 0.0611 e. The Balaban J connectivity index is 2.04. The summed E-state index contributed by atoms with van der Waals surface area (Å²) < 4.78 is 0. The first-order valence-corrected chi connectivity index (χ1v) is 7.21. The number of rotatable bonds is 4. The number of fused-ring (bicyclic) bond motifs is 3. The molecule has 2 aromatic carbocycles. The second-order valence-electron chi connectivity index (χ2n) is 5.41. The van der Waals surface area contributed by atoms with Crippen molar-refractivity contribution in [1.29, 1.82) is 0 Å². The minimum absolute atomic E-state index is 0.430. The first kappa shape index (κ1) is 12.4. The molecule has 0 amide bonds. The van der Waals surface area contributed by atoms with Crippen molar-refractivity contribution in [2.45, 2.75) is 25.8 Å². The highest BCUT2D eigenvalue weighted by atomic mass is 15.1. The maximum atomic E-state index is 2.49. The van der Waals surface area contributed by atoms with Crippen LogP contribution in [0.25, 0.3) is 11.1 Å². The fourth-order valence-electron chi connectivity index (χ4n) is 3.14. The molecule has 1 heteroatoms. The van der Waals surface area contributed by atoms with Crippen LogP contribution in [0, 0.1) is 0 Å². The summed E-state index contributed by atoms with van der Waals surface area (Å²) in [7, 11) is 2.25. The Hall–Kier alpha value is -1.60. The third-order valence-corrected chi connectivity index (χ3v) is 4.11. The summed E-state index contributed by atoms with van der Waals surface area (Å²) in [6, 6.07) is 18.1. The minimum Gasteiger partial charge on any atom is -0.295 e. The van der Waals surface area contributed by atoms with Crippen LogP contribution < -0.4 is 0 Å². The molecule has 0 spiro atoms. The quantitative estimate of drug-likeness (QED) is 0.774. The Morgan fingerprint density at radius 3 is 1.95 bits per heavy atom. The van der Waals surface area contributed by atoms with E-state index in [9.17, 15) is 0 Å². The van der Waals surface area contributed by atoms with Crippen LogP contribution >= 0.6 is 0 Å². The van der Waals surface area contributed by atoms with Crippen LogP contribution in [0.3, 0.4) is 0 Å². The molecule has 19 heavy (non-hydrogen) atoms. The largest absolute Gasteiger partial charge is 0.295 e. The van der Waals surface area contributed by atoms with E-state index >= 15 is 0 Å². The second-order valence-corrected chi connectivity index (χ2v) is 5.41. The molecule has 0 aliphatic heterocycles. The summed E-state index contributed by atoms with van der Waals surface area (Å²) in [5.74, 6) is 0. The molecule has 0 bridgehead atoms. The van der Waals surface area contributed by atoms with Gasteiger partial charge in [0.05, 0.1) is 6.04 Å². The summed E-state index contributed by atoms with van der Waals surface area (Å²) in [6.45, 7) is 3.41. The first-order valence-electron chi connectivity index (χ1n) is 7.21. The highest BCUT2D eigenvalue weighted by molar-refractivity contribution is 5.78. The van der Waals surface area contributed by atoms with Crippen molar-refractivity contribution >= 4 is 0 Å². The van der Waals surface area contributed by atoms with Gasteiger partial charge in [-0.15, -0.1) is 0 Å². The number of nitrogens with zero attached hydrogens (tertiary/aromatic N) is 1. The average molecular weight is 251 g/mol. The number of benzene rings is 2. The molecule has 1 aliphatic rings. The third-order valence-electron chi connectivity index (χ3n) is 4.11. The summed E-state index contributed by atoms with van der Waals surface area (Å²) in [5, 5.41) is 0. The maximum absolute atomic E-state index is 2.49. The van der Waals surface area contributed by atoms with Gasteiger partial charge in [-0.2, -0.15) is 0 Å². The van der Waals surface area contributed by atoms with Crippen LogP contribution in [0.2, 0.25) is 0 Å². The van der Waals surface area contributed by atoms with Gasteiger partial charge < -0.3 is 0 Å². The van der Waals surface area contributed by atoms with E-state index in [0.717, 1.165) is 6.54 Å². The zero-order valence-corrected chi connectivity index (χ0v) is 11.8. The van der Waals surface area contributed by atoms with Gasteiger partial charge in [0.25, 0.3) is 0 Å². The first-order chi connectivity index (χ1) is 9.33. The van der Waals surface area contributed by atoms with E-state index in [1.54, 1.807) is 0 Å². The Morgan fingerprint density at radius 1 is 0.895 bits per heavy atom. The zero-order valence-electron chi connectivity index (χ0n) is 11.8. The Labute approximate surface area is 115 Å². The molecule has 98 valence electrons. The van der Waals surface area contributed by atoms with E-state index in [1.807, 2.05) is 0 Å². The van der Waals surface area contributed by atoms with Gasteiger partial charge in [0.15, 0.2) is 0 Å². The molecule has 0 radical (unpaired) electrons. The monoisotopic (exact) mass is 251 g/mol. The fraction of sp³-hybridized carbons (Fsp3) is 0.333. The van der Waals surface area contributed by atoms with Gasteiger partial charge in [-0.25, -0.2) is 0 Å². The molecular formula is C18H21N. The van der Waals surface area contributed by atoms with Gasteiger partial charge in [0, 0.05) is 0 Å². The van der Waals surface area contributed by atoms with Gasteiger partial charge in [0.1, 0.15) is 0 Å². The third kappa shape index (κ3) is 2.08. The average Bonchev–Trinajstić information content (AvgIpc) is 2.79. The minimum atomic E-state index is 0.430. The molecule has 1 nitrogen and oxygen atoms in total. The van der Waals surface area contributed by atoms with E-state index in [-0.39, 0.29) is 0 Å². The SMILES string of the molecule is CCCCN(C)C1c2ccccc2-c2ccccc21. The number of hydrogen-bond donors (Lipinski definition) is 0.